The van der Waals surface area contributed by atoms with Crippen molar-refractivity contribution in [1.82, 2.24) is 19.5 Å². The van der Waals surface area contributed by atoms with Crippen molar-refractivity contribution < 1.29 is 13.2 Å². The van der Waals surface area contributed by atoms with Crippen LogP contribution < -0.4 is 10.3 Å². The standard InChI is InChI=1S/C21H24FN7O2S/c1-13(2)29-17-10-14-11-24-20(25-16-7-6-15(12-23-16)32(30)31)26-18(14)28(17)21(19(22)27-29)8-4-3-5-9-21/h6-7,10-13H,3-5,8-9H2,1-2H3,(H,30,31)(H,23,24,25,26). The van der Waals surface area contributed by atoms with Gasteiger partial charge in [0.25, 0.3) is 0 Å². The molecule has 1 aliphatic heterocycles. The first-order valence-electron chi connectivity index (χ1n) is 10.7. The van der Waals surface area contributed by atoms with Gasteiger partial charge in [-0.2, -0.15) is 9.37 Å². The van der Waals surface area contributed by atoms with E-state index < -0.39 is 16.6 Å². The molecule has 0 saturated heterocycles. The van der Waals surface area contributed by atoms with E-state index in [0.717, 1.165) is 30.5 Å². The summed E-state index contributed by atoms with van der Waals surface area (Å²) in [6.07, 6.45) is 7.34. The molecule has 1 saturated carbocycles. The Bertz CT molecular complexity index is 1220. The van der Waals surface area contributed by atoms with Gasteiger partial charge in [-0.3, -0.25) is 4.57 Å². The zero-order chi connectivity index (χ0) is 22.5. The van der Waals surface area contributed by atoms with Crippen LogP contribution in [0.4, 0.5) is 22.0 Å². The van der Waals surface area contributed by atoms with E-state index in [1.807, 2.05) is 24.5 Å². The molecule has 32 heavy (non-hydrogen) atoms. The van der Waals surface area contributed by atoms with Crippen molar-refractivity contribution in [2.24, 2.45) is 5.10 Å². The predicted molar refractivity (Wildman–Crippen MR) is 121 cm³/mol. The molecule has 3 aromatic rings. The highest BCUT2D eigenvalue weighted by molar-refractivity contribution is 7.79. The van der Waals surface area contributed by atoms with Crippen LogP contribution in [-0.4, -0.2) is 40.3 Å². The van der Waals surface area contributed by atoms with Crippen LogP contribution in [-0.2, 0) is 16.6 Å². The van der Waals surface area contributed by atoms with E-state index in [-0.39, 0.29) is 16.9 Å². The minimum absolute atomic E-state index is 0.0184. The SMILES string of the molecule is CC(C)N1N=C(F)C2(CCCCC2)n2c1cc1cnc(Nc3ccc(S(=O)O)cn3)nc12. The fourth-order valence-corrected chi connectivity index (χ4v) is 4.90. The number of hydrogen-bond acceptors (Lipinski definition) is 7. The smallest absolute Gasteiger partial charge is 0.234 e. The first kappa shape index (κ1) is 21.0. The molecule has 3 aromatic heterocycles. The predicted octanol–water partition coefficient (Wildman–Crippen LogP) is 4.32. The van der Waals surface area contributed by atoms with Crippen LogP contribution in [0.15, 0.2) is 40.6 Å². The van der Waals surface area contributed by atoms with E-state index in [4.69, 9.17) is 9.54 Å². The van der Waals surface area contributed by atoms with Gasteiger partial charge in [-0.25, -0.2) is 19.2 Å². The average Bonchev–Trinajstić information content (AvgIpc) is 3.17. The Labute approximate surface area is 187 Å². The molecule has 1 fully saturated rings. The number of nitrogens with one attached hydrogen (secondary N) is 1. The van der Waals surface area contributed by atoms with Gasteiger partial charge in [-0.05, 0) is 44.9 Å². The Hall–Kier alpha value is -2.92. The molecule has 1 atom stereocenters. The molecule has 2 aliphatic rings. The second kappa shape index (κ2) is 7.89. The van der Waals surface area contributed by atoms with Crippen molar-refractivity contribution in [3.8, 4) is 0 Å². The van der Waals surface area contributed by atoms with Gasteiger partial charge in [0.05, 0.1) is 4.90 Å². The van der Waals surface area contributed by atoms with Gasteiger partial charge in [-0.15, -0.1) is 5.10 Å². The summed E-state index contributed by atoms with van der Waals surface area (Å²) >= 11 is -2.09. The maximum Gasteiger partial charge on any atom is 0.234 e. The number of rotatable bonds is 4. The van der Waals surface area contributed by atoms with Crippen LogP contribution in [0.5, 0.6) is 0 Å². The Morgan fingerprint density at radius 1 is 1.19 bits per heavy atom. The normalized spacial score (nSPS) is 18.7. The Kier molecular flexibility index (Phi) is 5.17. The first-order valence-corrected chi connectivity index (χ1v) is 11.8. The zero-order valence-corrected chi connectivity index (χ0v) is 18.6. The summed E-state index contributed by atoms with van der Waals surface area (Å²) in [7, 11) is 0. The van der Waals surface area contributed by atoms with Gasteiger partial charge in [0, 0.05) is 23.8 Å². The number of aromatic nitrogens is 4. The highest BCUT2D eigenvalue weighted by Gasteiger charge is 2.46. The molecule has 5 rings (SSSR count). The van der Waals surface area contributed by atoms with Gasteiger partial charge >= 0.3 is 0 Å². The number of halogens is 1. The third-order valence-corrected chi connectivity index (χ3v) is 6.76. The summed E-state index contributed by atoms with van der Waals surface area (Å²) in [5.41, 5.74) is -0.180. The molecule has 9 nitrogen and oxygen atoms in total. The highest BCUT2D eigenvalue weighted by atomic mass is 32.2. The molecule has 1 spiro atoms. The largest absolute Gasteiger partial charge is 0.309 e. The third-order valence-electron chi connectivity index (χ3n) is 6.11. The summed E-state index contributed by atoms with van der Waals surface area (Å²) in [4.78, 5) is 13.5. The molecule has 11 heteroatoms. The Morgan fingerprint density at radius 3 is 2.62 bits per heavy atom. The lowest BCUT2D eigenvalue weighted by Crippen LogP contribution is -2.48. The fourth-order valence-electron chi connectivity index (χ4n) is 4.58. The van der Waals surface area contributed by atoms with Crippen molar-refractivity contribution in [3.63, 3.8) is 0 Å². The highest BCUT2D eigenvalue weighted by Crippen LogP contribution is 2.46. The molecule has 2 N–H and O–H groups in total. The third kappa shape index (κ3) is 3.36. The lowest BCUT2D eigenvalue weighted by atomic mass is 9.81. The van der Waals surface area contributed by atoms with Crippen LogP contribution in [0.2, 0.25) is 0 Å². The van der Waals surface area contributed by atoms with Crippen molar-refractivity contribution in [1.29, 1.82) is 0 Å². The lowest BCUT2D eigenvalue weighted by Gasteiger charge is -2.43. The fraction of sp³-hybridized carbons (Fsp3) is 0.429. The number of hydrogen-bond donors (Lipinski definition) is 2. The number of anilines is 3. The topological polar surface area (TPSA) is 109 Å². The number of pyridine rings is 1. The van der Waals surface area contributed by atoms with Gasteiger partial charge in [0.2, 0.25) is 11.9 Å². The van der Waals surface area contributed by atoms with E-state index in [1.165, 1.54) is 12.3 Å². The van der Waals surface area contributed by atoms with E-state index in [1.54, 1.807) is 17.3 Å². The van der Waals surface area contributed by atoms with E-state index >= 15 is 4.39 Å². The van der Waals surface area contributed by atoms with Crippen LogP contribution in [0.1, 0.15) is 46.0 Å². The van der Waals surface area contributed by atoms with Crippen molar-refractivity contribution in [3.05, 3.63) is 30.6 Å². The van der Waals surface area contributed by atoms with Crippen LogP contribution in [0, 0.1) is 0 Å². The van der Waals surface area contributed by atoms with Gasteiger partial charge < -0.3 is 9.87 Å². The second-order valence-electron chi connectivity index (χ2n) is 8.49. The summed E-state index contributed by atoms with van der Waals surface area (Å²) in [5, 5.41) is 9.90. The molecule has 168 valence electrons. The van der Waals surface area contributed by atoms with Crippen molar-refractivity contribution >= 4 is 45.7 Å². The minimum Gasteiger partial charge on any atom is -0.309 e. The van der Waals surface area contributed by atoms with Gasteiger partial charge in [0.1, 0.15) is 22.8 Å². The molecule has 1 aliphatic carbocycles. The summed E-state index contributed by atoms with van der Waals surface area (Å²) in [6, 6.07) is 5.04. The maximum absolute atomic E-state index is 15.5. The number of hydrazone groups is 1. The van der Waals surface area contributed by atoms with Crippen LogP contribution in [0.3, 0.4) is 0 Å². The van der Waals surface area contributed by atoms with Crippen LogP contribution in [0.25, 0.3) is 11.0 Å². The van der Waals surface area contributed by atoms with Gasteiger partial charge in [-0.1, -0.05) is 19.3 Å². The number of fused-ring (bicyclic) bond motifs is 4. The maximum atomic E-state index is 15.5. The molecule has 0 bridgehead atoms. The summed E-state index contributed by atoms with van der Waals surface area (Å²) in [5.74, 6) is 1.21. The average molecular weight is 458 g/mol. The first-order chi connectivity index (χ1) is 15.4. The zero-order valence-electron chi connectivity index (χ0n) is 17.8. The lowest BCUT2D eigenvalue weighted by molar-refractivity contribution is 0.261. The van der Waals surface area contributed by atoms with Crippen molar-refractivity contribution in [2.45, 2.75) is 62.4 Å². The minimum atomic E-state index is -2.09. The molecule has 0 radical (unpaired) electrons. The summed E-state index contributed by atoms with van der Waals surface area (Å²) < 4.78 is 37.9. The van der Waals surface area contributed by atoms with Gasteiger partial charge in [0.15, 0.2) is 11.1 Å². The monoisotopic (exact) mass is 457 g/mol. The molecule has 0 amide bonds. The van der Waals surface area contributed by atoms with E-state index in [0.29, 0.717) is 30.3 Å². The molecular weight excluding hydrogens is 433 g/mol. The number of nitrogens with zero attached hydrogens (tertiary/aromatic N) is 6. The molecule has 1 unspecified atom stereocenters. The second-order valence-corrected chi connectivity index (χ2v) is 9.45. The van der Waals surface area contributed by atoms with Crippen LogP contribution >= 0.6 is 0 Å². The quantitative estimate of drug-likeness (QED) is 0.562. The van der Waals surface area contributed by atoms with E-state index in [9.17, 15) is 4.21 Å². The van der Waals surface area contributed by atoms with Crippen molar-refractivity contribution in [2.75, 3.05) is 10.3 Å². The summed E-state index contributed by atoms with van der Waals surface area (Å²) in [6.45, 7) is 3.95. The van der Waals surface area contributed by atoms with E-state index in [2.05, 4.69) is 20.4 Å². The molecular formula is C21H24FN7O2S. The molecule has 4 heterocycles. The Morgan fingerprint density at radius 2 is 1.97 bits per heavy atom. The Balaban J connectivity index is 1.60. The molecule has 0 aromatic carbocycles.